The number of fused-ring (bicyclic) bond motifs is 1. The van der Waals surface area contributed by atoms with Crippen molar-refractivity contribution in [2.45, 2.75) is 19.8 Å². The Morgan fingerprint density at radius 2 is 2.33 bits per heavy atom. The maximum atomic E-state index is 5.75. The van der Waals surface area contributed by atoms with E-state index >= 15 is 0 Å². The Hall–Kier alpha value is -1.78. The smallest absolute Gasteiger partial charge is 0.153 e. The van der Waals surface area contributed by atoms with Gasteiger partial charge in [-0.15, -0.1) is 0 Å². The number of anilines is 2. The number of nitrogen functional groups attached to an aromatic ring is 1. The molecule has 0 saturated carbocycles. The van der Waals surface area contributed by atoms with Gasteiger partial charge in [-0.2, -0.15) is 0 Å². The standard InChI is InChI=1S/C10H15N5/c1-2-3-4-12-10-9-8(14-6-15-10)7(11)5-13-9/h5-6,13H,2-4,11H2,1H3,(H,12,14,15). The highest BCUT2D eigenvalue weighted by atomic mass is 15.0. The fourth-order valence-electron chi connectivity index (χ4n) is 1.48. The van der Waals surface area contributed by atoms with Gasteiger partial charge in [0, 0.05) is 12.7 Å². The molecule has 80 valence electrons. The van der Waals surface area contributed by atoms with Gasteiger partial charge in [0.2, 0.25) is 0 Å². The van der Waals surface area contributed by atoms with Crippen LogP contribution < -0.4 is 11.1 Å². The van der Waals surface area contributed by atoms with Crippen molar-refractivity contribution in [3.05, 3.63) is 12.5 Å². The average Bonchev–Trinajstić information content (AvgIpc) is 2.62. The van der Waals surface area contributed by atoms with Crippen LogP contribution >= 0.6 is 0 Å². The van der Waals surface area contributed by atoms with Gasteiger partial charge in [0.25, 0.3) is 0 Å². The SMILES string of the molecule is CCCCNc1ncnc2c(N)c[nH]c12. The summed E-state index contributed by atoms with van der Waals surface area (Å²) in [6.45, 7) is 3.07. The molecule has 0 bridgehead atoms. The Morgan fingerprint density at radius 1 is 1.47 bits per heavy atom. The first-order valence-corrected chi connectivity index (χ1v) is 5.14. The molecule has 0 aliphatic rings. The van der Waals surface area contributed by atoms with E-state index in [1.807, 2.05) is 0 Å². The summed E-state index contributed by atoms with van der Waals surface area (Å²) < 4.78 is 0. The number of hydrogen-bond acceptors (Lipinski definition) is 4. The Bertz CT molecular complexity index is 448. The van der Waals surface area contributed by atoms with Crippen LogP contribution in [-0.4, -0.2) is 21.5 Å². The van der Waals surface area contributed by atoms with Crippen LogP contribution in [0.1, 0.15) is 19.8 Å². The Kier molecular flexibility index (Phi) is 2.71. The van der Waals surface area contributed by atoms with Crippen molar-refractivity contribution < 1.29 is 0 Å². The third-order valence-corrected chi connectivity index (χ3v) is 2.32. The zero-order chi connectivity index (χ0) is 10.7. The third-order valence-electron chi connectivity index (χ3n) is 2.32. The summed E-state index contributed by atoms with van der Waals surface area (Å²) in [6.07, 6.45) is 5.56. The van der Waals surface area contributed by atoms with E-state index in [1.165, 1.54) is 6.33 Å². The molecule has 0 aliphatic heterocycles. The van der Waals surface area contributed by atoms with Gasteiger partial charge < -0.3 is 16.0 Å². The predicted molar refractivity (Wildman–Crippen MR) is 61.7 cm³/mol. The molecule has 0 amide bonds. The van der Waals surface area contributed by atoms with Crippen LogP contribution in [0, 0.1) is 0 Å². The van der Waals surface area contributed by atoms with Crippen molar-refractivity contribution in [1.29, 1.82) is 0 Å². The van der Waals surface area contributed by atoms with E-state index in [1.54, 1.807) is 6.20 Å². The first-order valence-electron chi connectivity index (χ1n) is 5.14. The number of unbranched alkanes of at least 4 members (excludes halogenated alkanes) is 1. The van der Waals surface area contributed by atoms with Crippen LogP contribution in [0.4, 0.5) is 11.5 Å². The molecule has 4 N–H and O–H groups in total. The van der Waals surface area contributed by atoms with Gasteiger partial charge in [0.05, 0.1) is 5.69 Å². The first kappa shape index (κ1) is 9.76. The van der Waals surface area contributed by atoms with Crippen molar-refractivity contribution in [3.8, 4) is 0 Å². The van der Waals surface area contributed by atoms with Crippen molar-refractivity contribution >= 4 is 22.5 Å². The molecule has 5 nitrogen and oxygen atoms in total. The van der Waals surface area contributed by atoms with Crippen LogP contribution in [0.3, 0.4) is 0 Å². The maximum absolute atomic E-state index is 5.75. The van der Waals surface area contributed by atoms with Crippen molar-refractivity contribution in [1.82, 2.24) is 15.0 Å². The Morgan fingerprint density at radius 3 is 3.13 bits per heavy atom. The van der Waals surface area contributed by atoms with Crippen LogP contribution in [0.25, 0.3) is 11.0 Å². The van der Waals surface area contributed by atoms with E-state index in [0.29, 0.717) is 5.69 Å². The zero-order valence-corrected chi connectivity index (χ0v) is 8.75. The molecular formula is C10H15N5. The molecular weight excluding hydrogens is 190 g/mol. The summed E-state index contributed by atoms with van der Waals surface area (Å²) in [5.41, 5.74) is 8.07. The normalized spacial score (nSPS) is 10.7. The highest BCUT2D eigenvalue weighted by molar-refractivity contribution is 5.93. The monoisotopic (exact) mass is 205 g/mol. The van der Waals surface area contributed by atoms with Crippen molar-refractivity contribution in [2.75, 3.05) is 17.6 Å². The van der Waals surface area contributed by atoms with E-state index in [0.717, 1.165) is 36.2 Å². The minimum Gasteiger partial charge on any atom is -0.396 e. The second kappa shape index (κ2) is 4.16. The van der Waals surface area contributed by atoms with Gasteiger partial charge >= 0.3 is 0 Å². The number of nitrogens with two attached hydrogens (primary N) is 1. The third kappa shape index (κ3) is 1.86. The number of aromatic amines is 1. The first-order chi connectivity index (χ1) is 7.33. The average molecular weight is 205 g/mol. The lowest BCUT2D eigenvalue weighted by molar-refractivity contribution is 0.831. The summed E-state index contributed by atoms with van der Waals surface area (Å²) in [7, 11) is 0. The molecule has 5 heteroatoms. The molecule has 0 aromatic carbocycles. The quantitative estimate of drug-likeness (QED) is 0.664. The maximum Gasteiger partial charge on any atom is 0.153 e. The molecule has 2 rings (SSSR count). The molecule has 0 spiro atoms. The van der Waals surface area contributed by atoms with E-state index < -0.39 is 0 Å². The number of rotatable bonds is 4. The minimum absolute atomic E-state index is 0.658. The number of hydrogen-bond donors (Lipinski definition) is 3. The predicted octanol–water partition coefficient (Wildman–Crippen LogP) is 1.75. The van der Waals surface area contributed by atoms with Gasteiger partial charge in [-0.25, -0.2) is 9.97 Å². The van der Waals surface area contributed by atoms with Gasteiger partial charge in [0.1, 0.15) is 17.4 Å². The fraction of sp³-hybridized carbons (Fsp3) is 0.400. The largest absolute Gasteiger partial charge is 0.396 e. The van der Waals surface area contributed by atoms with Crippen molar-refractivity contribution in [3.63, 3.8) is 0 Å². The molecule has 2 aromatic heterocycles. The van der Waals surface area contributed by atoms with Crippen LogP contribution in [0.2, 0.25) is 0 Å². The number of nitrogens with zero attached hydrogens (tertiary/aromatic N) is 2. The summed E-state index contributed by atoms with van der Waals surface area (Å²) in [5, 5.41) is 3.26. The lowest BCUT2D eigenvalue weighted by Crippen LogP contribution is -2.03. The molecule has 0 aliphatic carbocycles. The van der Waals surface area contributed by atoms with E-state index in [9.17, 15) is 0 Å². The molecule has 0 atom stereocenters. The molecule has 2 heterocycles. The van der Waals surface area contributed by atoms with Gasteiger partial charge in [0.15, 0.2) is 5.82 Å². The van der Waals surface area contributed by atoms with E-state index in [-0.39, 0.29) is 0 Å². The number of aromatic nitrogens is 3. The molecule has 0 saturated heterocycles. The van der Waals surface area contributed by atoms with Gasteiger partial charge in [-0.1, -0.05) is 13.3 Å². The minimum atomic E-state index is 0.658. The van der Waals surface area contributed by atoms with Gasteiger partial charge in [-0.3, -0.25) is 0 Å². The fourth-order valence-corrected chi connectivity index (χ4v) is 1.48. The van der Waals surface area contributed by atoms with E-state index in [2.05, 4.69) is 27.2 Å². The Balaban J connectivity index is 2.26. The topological polar surface area (TPSA) is 79.6 Å². The van der Waals surface area contributed by atoms with Crippen LogP contribution in [0.5, 0.6) is 0 Å². The summed E-state index contributed by atoms with van der Waals surface area (Å²) in [5.74, 6) is 0.824. The number of nitrogens with one attached hydrogen (secondary N) is 2. The highest BCUT2D eigenvalue weighted by Crippen LogP contribution is 2.22. The second-order valence-corrected chi connectivity index (χ2v) is 3.47. The second-order valence-electron chi connectivity index (χ2n) is 3.47. The van der Waals surface area contributed by atoms with Crippen LogP contribution in [0.15, 0.2) is 12.5 Å². The number of H-pyrrole nitrogens is 1. The summed E-state index contributed by atoms with van der Waals surface area (Å²) in [4.78, 5) is 11.4. The lowest BCUT2D eigenvalue weighted by Gasteiger charge is -2.04. The molecule has 0 radical (unpaired) electrons. The Labute approximate surface area is 88.1 Å². The van der Waals surface area contributed by atoms with Gasteiger partial charge in [-0.05, 0) is 6.42 Å². The molecule has 15 heavy (non-hydrogen) atoms. The van der Waals surface area contributed by atoms with E-state index in [4.69, 9.17) is 5.73 Å². The zero-order valence-electron chi connectivity index (χ0n) is 8.75. The molecule has 0 fully saturated rings. The summed E-state index contributed by atoms with van der Waals surface area (Å²) >= 11 is 0. The summed E-state index contributed by atoms with van der Waals surface area (Å²) in [6, 6.07) is 0. The lowest BCUT2D eigenvalue weighted by atomic mass is 10.3. The molecule has 0 unspecified atom stereocenters. The van der Waals surface area contributed by atoms with Crippen LogP contribution in [-0.2, 0) is 0 Å². The highest BCUT2D eigenvalue weighted by Gasteiger charge is 2.06. The van der Waals surface area contributed by atoms with Crippen molar-refractivity contribution in [2.24, 2.45) is 0 Å². The molecule has 2 aromatic rings.